The van der Waals surface area contributed by atoms with E-state index in [9.17, 15) is 0 Å². The summed E-state index contributed by atoms with van der Waals surface area (Å²) in [6.07, 6.45) is 5.42. The molecule has 1 aromatic carbocycles. The van der Waals surface area contributed by atoms with Gasteiger partial charge < -0.3 is 0 Å². The molecule has 0 heteroatoms. The summed E-state index contributed by atoms with van der Waals surface area (Å²) in [5.74, 6) is 0.881. The van der Waals surface area contributed by atoms with Crippen LogP contribution < -0.4 is 0 Å². The van der Waals surface area contributed by atoms with E-state index in [1.807, 2.05) is 0 Å². The molecule has 13 heavy (non-hydrogen) atoms. The zero-order valence-corrected chi connectivity index (χ0v) is 8.64. The normalized spacial score (nSPS) is 17.1. The second-order valence-electron chi connectivity index (χ2n) is 4.17. The first kappa shape index (κ1) is 8.80. The van der Waals surface area contributed by atoms with Gasteiger partial charge in [0.25, 0.3) is 0 Å². The highest BCUT2D eigenvalue weighted by Crippen LogP contribution is 2.38. The van der Waals surface area contributed by atoms with Gasteiger partial charge in [-0.15, -0.1) is 0 Å². The third kappa shape index (κ3) is 1.63. The van der Waals surface area contributed by atoms with E-state index in [1.165, 1.54) is 36.8 Å². The van der Waals surface area contributed by atoms with Gasteiger partial charge in [-0.2, -0.15) is 0 Å². The molecule has 1 fully saturated rings. The maximum Gasteiger partial charge on any atom is -0.0159 e. The molecule has 0 amide bonds. The third-order valence-electron chi connectivity index (χ3n) is 3.30. The van der Waals surface area contributed by atoms with Crippen LogP contribution in [0.1, 0.15) is 48.8 Å². The molecule has 0 radical (unpaired) electrons. The van der Waals surface area contributed by atoms with Crippen molar-refractivity contribution in [3.8, 4) is 0 Å². The van der Waals surface area contributed by atoms with Crippen molar-refractivity contribution in [3.63, 3.8) is 0 Å². The summed E-state index contributed by atoms with van der Waals surface area (Å²) in [5, 5.41) is 0. The second-order valence-corrected chi connectivity index (χ2v) is 4.17. The lowest BCUT2D eigenvalue weighted by atomic mass is 9.78. The van der Waals surface area contributed by atoms with Gasteiger partial charge in [0.2, 0.25) is 0 Å². The Morgan fingerprint density at radius 1 is 1.31 bits per heavy atom. The Kier molecular flexibility index (Phi) is 2.39. The van der Waals surface area contributed by atoms with E-state index in [4.69, 9.17) is 0 Å². The number of hydrogen-bond acceptors (Lipinski definition) is 0. The van der Waals surface area contributed by atoms with Gasteiger partial charge in [-0.05, 0) is 48.8 Å². The van der Waals surface area contributed by atoms with Crippen LogP contribution >= 0.6 is 0 Å². The van der Waals surface area contributed by atoms with Crippen molar-refractivity contribution >= 4 is 0 Å². The summed E-state index contributed by atoms with van der Waals surface area (Å²) in [4.78, 5) is 0. The van der Waals surface area contributed by atoms with Crippen LogP contribution in [0.2, 0.25) is 0 Å². The van der Waals surface area contributed by atoms with E-state index >= 15 is 0 Å². The topological polar surface area (TPSA) is 0 Å². The van der Waals surface area contributed by atoms with Crippen LogP contribution in [0.4, 0.5) is 0 Å². The van der Waals surface area contributed by atoms with Crippen LogP contribution in [0.3, 0.4) is 0 Å². The molecule has 70 valence electrons. The van der Waals surface area contributed by atoms with Gasteiger partial charge in [-0.1, -0.05) is 31.5 Å². The van der Waals surface area contributed by atoms with Gasteiger partial charge in [-0.25, -0.2) is 0 Å². The van der Waals surface area contributed by atoms with Crippen LogP contribution in [-0.4, -0.2) is 0 Å². The molecule has 0 aromatic heterocycles. The molecule has 0 aliphatic heterocycles. The molecule has 1 saturated carbocycles. The fourth-order valence-corrected chi connectivity index (χ4v) is 2.07. The summed E-state index contributed by atoms with van der Waals surface area (Å²) in [6, 6.07) is 6.96. The summed E-state index contributed by atoms with van der Waals surface area (Å²) in [5.41, 5.74) is 4.60. The fraction of sp³-hybridized carbons (Fsp3) is 0.538. The minimum Gasteiger partial charge on any atom is -0.0613 e. The largest absolute Gasteiger partial charge is 0.0613 e. The summed E-state index contributed by atoms with van der Waals surface area (Å²) < 4.78 is 0. The molecule has 0 spiro atoms. The quantitative estimate of drug-likeness (QED) is 0.639. The van der Waals surface area contributed by atoms with Crippen LogP contribution in [0, 0.1) is 6.92 Å². The van der Waals surface area contributed by atoms with E-state index in [1.54, 1.807) is 5.56 Å². The average Bonchev–Trinajstić information content (AvgIpc) is 2.06. The minimum absolute atomic E-state index is 0.881. The van der Waals surface area contributed by atoms with E-state index in [0.717, 1.165) is 5.92 Å². The first-order chi connectivity index (χ1) is 6.31. The van der Waals surface area contributed by atoms with E-state index in [0.29, 0.717) is 0 Å². The first-order valence-electron chi connectivity index (χ1n) is 5.40. The molecule has 0 nitrogen and oxygen atoms in total. The SMILES string of the molecule is CCc1ccc(C)c(C2CCC2)c1. The van der Waals surface area contributed by atoms with E-state index < -0.39 is 0 Å². The molecule has 0 unspecified atom stereocenters. The Balaban J connectivity index is 2.30. The first-order valence-corrected chi connectivity index (χ1v) is 5.40. The lowest BCUT2D eigenvalue weighted by Crippen LogP contribution is -2.10. The predicted molar refractivity (Wildman–Crippen MR) is 57.1 cm³/mol. The monoisotopic (exact) mass is 174 g/mol. The Morgan fingerprint density at radius 2 is 2.08 bits per heavy atom. The Labute approximate surface area is 81.0 Å². The summed E-state index contributed by atoms with van der Waals surface area (Å²) >= 11 is 0. The number of benzene rings is 1. The molecule has 1 aliphatic rings. The molecule has 0 atom stereocenters. The lowest BCUT2D eigenvalue weighted by Gasteiger charge is -2.27. The van der Waals surface area contributed by atoms with Crippen molar-refractivity contribution in [2.75, 3.05) is 0 Å². The summed E-state index contributed by atoms with van der Waals surface area (Å²) in [7, 11) is 0. The highest BCUT2D eigenvalue weighted by molar-refractivity contribution is 5.34. The fourth-order valence-electron chi connectivity index (χ4n) is 2.07. The number of hydrogen-bond donors (Lipinski definition) is 0. The van der Waals surface area contributed by atoms with Crippen LogP contribution in [0.5, 0.6) is 0 Å². The van der Waals surface area contributed by atoms with Gasteiger partial charge in [0.05, 0.1) is 0 Å². The van der Waals surface area contributed by atoms with Gasteiger partial charge >= 0.3 is 0 Å². The maximum atomic E-state index is 2.42. The molecule has 1 aromatic rings. The van der Waals surface area contributed by atoms with Gasteiger partial charge in [0, 0.05) is 0 Å². The van der Waals surface area contributed by atoms with Gasteiger partial charge in [0.15, 0.2) is 0 Å². The van der Waals surface area contributed by atoms with Crippen molar-refractivity contribution in [3.05, 3.63) is 34.9 Å². The molecular formula is C13H18. The predicted octanol–water partition coefficient (Wildman–Crippen LogP) is 3.82. The van der Waals surface area contributed by atoms with Crippen LogP contribution in [0.25, 0.3) is 0 Å². The number of rotatable bonds is 2. The summed E-state index contributed by atoms with van der Waals surface area (Å²) in [6.45, 7) is 4.47. The van der Waals surface area contributed by atoms with Crippen molar-refractivity contribution in [1.82, 2.24) is 0 Å². The maximum absolute atomic E-state index is 2.42. The molecule has 0 bridgehead atoms. The van der Waals surface area contributed by atoms with E-state index in [-0.39, 0.29) is 0 Å². The molecule has 2 rings (SSSR count). The van der Waals surface area contributed by atoms with E-state index in [2.05, 4.69) is 32.0 Å². The Bertz CT molecular complexity index is 295. The van der Waals surface area contributed by atoms with Crippen LogP contribution in [0.15, 0.2) is 18.2 Å². The number of aryl methyl sites for hydroxylation is 2. The highest BCUT2D eigenvalue weighted by atomic mass is 14.3. The highest BCUT2D eigenvalue weighted by Gasteiger charge is 2.20. The standard InChI is InChI=1S/C13H18/c1-3-11-8-7-10(2)13(9-11)12-5-4-6-12/h7-9,12H,3-6H2,1-2H3. The second kappa shape index (κ2) is 3.53. The van der Waals surface area contributed by atoms with Gasteiger partial charge in [-0.3, -0.25) is 0 Å². The van der Waals surface area contributed by atoms with Gasteiger partial charge in [0.1, 0.15) is 0 Å². The Hall–Kier alpha value is -0.780. The lowest BCUT2D eigenvalue weighted by molar-refractivity contribution is 0.418. The third-order valence-corrected chi connectivity index (χ3v) is 3.30. The zero-order chi connectivity index (χ0) is 9.26. The van der Waals surface area contributed by atoms with Crippen molar-refractivity contribution in [2.24, 2.45) is 0 Å². The van der Waals surface area contributed by atoms with Crippen molar-refractivity contribution in [1.29, 1.82) is 0 Å². The molecule has 1 aliphatic carbocycles. The van der Waals surface area contributed by atoms with Crippen molar-refractivity contribution < 1.29 is 0 Å². The zero-order valence-electron chi connectivity index (χ0n) is 8.64. The molecule has 0 N–H and O–H groups in total. The molecule has 0 saturated heterocycles. The molecular weight excluding hydrogens is 156 g/mol. The average molecular weight is 174 g/mol. The smallest absolute Gasteiger partial charge is 0.0159 e. The molecule has 0 heterocycles. The Morgan fingerprint density at radius 3 is 2.62 bits per heavy atom. The van der Waals surface area contributed by atoms with Crippen molar-refractivity contribution in [2.45, 2.75) is 45.4 Å². The minimum atomic E-state index is 0.881. The van der Waals surface area contributed by atoms with Crippen LogP contribution in [-0.2, 0) is 6.42 Å².